The summed E-state index contributed by atoms with van der Waals surface area (Å²) in [6, 6.07) is 21.2. The van der Waals surface area contributed by atoms with Crippen LogP contribution >= 0.6 is 0 Å². The first-order chi connectivity index (χ1) is 16.1. The Bertz CT molecular complexity index is 1030. The van der Waals surface area contributed by atoms with Crippen LogP contribution in [0.5, 0.6) is 0 Å². The van der Waals surface area contributed by atoms with E-state index in [1.54, 1.807) is 18.3 Å². The molecule has 0 aliphatic carbocycles. The molecule has 8 nitrogen and oxygen atoms in total. The highest BCUT2D eigenvalue weighted by molar-refractivity contribution is 5.93. The smallest absolute Gasteiger partial charge is 0.408 e. The molecule has 3 amide bonds. The zero-order chi connectivity index (χ0) is 23.3. The molecular weight excluding hydrogens is 420 g/mol. The van der Waals surface area contributed by atoms with Gasteiger partial charge in [0.05, 0.1) is 5.56 Å². The number of hydrogen-bond donors (Lipinski definition) is 3. The summed E-state index contributed by atoms with van der Waals surface area (Å²) in [5, 5.41) is 8.11. The monoisotopic (exact) mass is 446 g/mol. The summed E-state index contributed by atoms with van der Waals surface area (Å²) in [5.74, 6) is -0.646. The normalized spacial score (nSPS) is 11.2. The molecule has 3 rings (SSSR count). The summed E-state index contributed by atoms with van der Waals surface area (Å²) in [5.41, 5.74) is 2.18. The Morgan fingerprint density at radius 1 is 0.818 bits per heavy atom. The third-order valence-electron chi connectivity index (χ3n) is 4.74. The average molecular weight is 447 g/mol. The summed E-state index contributed by atoms with van der Waals surface area (Å²) >= 11 is 0. The number of nitrogens with zero attached hydrogens (tertiary/aromatic N) is 1. The number of pyridine rings is 1. The number of rotatable bonds is 10. The summed E-state index contributed by atoms with van der Waals surface area (Å²) in [7, 11) is 0. The lowest BCUT2D eigenvalue weighted by Gasteiger charge is -2.19. The SMILES string of the molecule is O=C(N[C@@H](Cc1ccccc1)C(=O)NCCNC(=O)c1cccnc1)OCc1ccccc1. The molecule has 2 aromatic carbocycles. The number of alkyl carbamates (subject to hydrolysis) is 1. The van der Waals surface area contributed by atoms with Gasteiger partial charge in [-0.3, -0.25) is 14.6 Å². The fourth-order valence-electron chi connectivity index (χ4n) is 3.05. The van der Waals surface area contributed by atoms with Crippen molar-refractivity contribution in [1.29, 1.82) is 0 Å². The standard InChI is InChI=1S/C25H26N4O4/c30-23(21-12-7-13-26-17-21)27-14-15-28-24(31)22(16-19-8-3-1-4-9-19)29-25(32)33-18-20-10-5-2-6-11-20/h1-13,17,22H,14-16,18H2,(H,27,30)(H,28,31)(H,29,32)/t22-/m0/s1. The summed E-state index contributed by atoms with van der Waals surface area (Å²) < 4.78 is 5.26. The van der Waals surface area contributed by atoms with Crippen molar-refractivity contribution in [2.24, 2.45) is 0 Å². The van der Waals surface area contributed by atoms with Gasteiger partial charge in [-0.2, -0.15) is 0 Å². The lowest BCUT2D eigenvalue weighted by molar-refractivity contribution is -0.123. The van der Waals surface area contributed by atoms with Crippen LogP contribution in [0, 0.1) is 0 Å². The van der Waals surface area contributed by atoms with Crippen LogP contribution in [0.15, 0.2) is 85.2 Å². The molecule has 0 fully saturated rings. The fourth-order valence-corrected chi connectivity index (χ4v) is 3.05. The molecule has 0 bridgehead atoms. The van der Waals surface area contributed by atoms with Crippen molar-refractivity contribution in [1.82, 2.24) is 20.9 Å². The summed E-state index contributed by atoms with van der Waals surface area (Å²) in [4.78, 5) is 41.1. The quantitative estimate of drug-likeness (QED) is 0.415. The second-order valence-electron chi connectivity index (χ2n) is 7.24. The van der Waals surface area contributed by atoms with Crippen molar-refractivity contribution in [3.8, 4) is 0 Å². The van der Waals surface area contributed by atoms with Gasteiger partial charge in [-0.05, 0) is 23.3 Å². The van der Waals surface area contributed by atoms with E-state index in [0.717, 1.165) is 11.1 Å². The van der Waals surface area contributed by atoms with Crippen LogP contribution in [0.1, 0.15) is 21.5 Å². The maximum Gasteiger partial charge on any atom is 0.408 e. The average Bonchev–Trinajstić information content (AvgIpc) is 2.86. The minimum Gasteiger partial charge on any atom is -0.445 e. The van der Waals surface area contributed by atoms with Crippen molar-refractivity contribution in [3.05, 3.63) is 102 Å². The van der Waals surface area contributed by atoms with E-state index in [4.69, 9.17) is 4.74 Å². The van der Waals surface area contributed by atoms with Gasteiger partial charge in [0.25, 0.3) is 5.91 Å². The van der Waals surface area contributed by atoms with Gasteiger partial charge in [-0.15, -0.1) is 0 Å². The highest BCUT2D eigenvalue weighted by atomic mass is 16.5. The lowest BCUT2D eigenvalue weighted by atomic mass is 10.1. The van der Waals surface area contributed by atoms with Gasteiger partial charge in [-0.25, -0.2) is 4.79 Å². The van der Waals surface area contributed by atoms with Gasteiger partial charge in [0.15, 0.2) is 0 Å². The minimum atomic E-state index is -0.829. The number of carbonyl (C=O) groups excluding carboxylic acids is 3. The fraction of sp³-hybridized carbons (Fsp3) is 0.200. The highest BCUT2D eigenvalue weighted by Crippen LogP contribution is 2.05. The molecule has 1 aromatic heterocycles. The number of benzene rings is 2. The van der Waals surface area contributed by atoms with E-state index in [1.165, 1.54) is 6.20 Å². The van der Waals surface area contributed by atoms with Crippen molar-refractivity contribution < 1.29 is 19.1 Å². The van der Waals surface area contributed by atoms with Crippen LogP contribution < -0.4 is 16.0 Å². The van der Waals surface area contributed by atoms with Crippen LogP contribution in [0.25, 0.3) is 0 Å². The van der Waals surface area contributed by atoms with Crippen molar-refractivity contribution in [2.45, 2.75) is 19.1 Å². The zero-order valence-electron chi connectivity index (χ0n) is 18.1. The maximum absolute atomic E-state index is 12.8. The third-order valence-corrected chi connectivity index (χ3v) is 4.74. The number of carbonyl (C=O) groups is 3. The van der Waals surface area contributed by atoms with E-state index in [1.807, 2.05) is 60.7 Å². The molecule has 1 heterocycles. The molecule has 0 saturated heterocycles. The molecule has 0 saturated carbocycles. The van der Waals surface area contributed by atoms with E-state index in [2.05, 4.69) is 20.9 Å². The van der Waals surface area contributed by atoms with E-state index < -0.39 is 12.1 Å². The largest absolute Gasteiger partial charge is 0.445 e. The lowest BCUT2D eigenvalue weighted by Crippen LogP contribution is -2.49. The number of hydrogen-bond acceptors (Lipinski definition) is 5. The Hall–Kier alpha value is -4.20. The Morgan fingerprint density at radius 2 is 1.48 bits per heavy atom. The first-order valence-electron chi connectivity index (χ1n) is 10.6. The van der Waals surface area contributed by atoms with E-state index in [-0.39, 0.29) is 31.5 Å². The Labute approximate surface area is 192 Å². The van der Waals surface area contributed by atoms with Crippen molar-refractivity contribution >= 4 is 17.9 Å². The van der Waals surface area contributed by atoms with Crippen LogP contribution in [0.2, 0.25) is 0 Å². The van der Waals surface area contributed by atoms with E-state index in [9.17, 15) is 14.4 Å². The van der Waals surface area contributed by atoms with Crippen LogP contribution in [-0.4, -0.2) is 42.0 Å². The molecule has 33 heavy (non-hydrogen) atoms. The highest BCUT2D eigenvalue weighted by Gasteiger charge is 2.22. The number of ether oxygens (including phenoxy) is 1. The molecule has 8 heteroatoms. The minimum absolute atomic E-state index is 0.104. The molecule has 1 atom stereocenters. The second kappa shape index (κ2) is 12.6. The van der Waals surface area contributed by atoms with Crippen LogP contribution in [-0.2, 0) is 22.6 Å². The number of aromatic nitrogens is 1. The Morgan fingerprint density at radius 3 is 2.15 bits per heavy atom. The van der Waals surface area contributed by atoms with E-state index >= 15 is 0 Å². The molecule has 0 radical (unpaired) electrons. The number of amides is 3. The van der Waals surface area contributed by atoms with Gasteiger partial charge in [-0.1, -0.05) is 60.7 Å². The molecule has 0 unspecified atom stereocenters. The van der Waals surface area contributed by atoms with Crippen LogP contribution in [0.3, 0.4) is 0 Å². The van der Waals surface area contributed by atoms with Gasteiger partial charge in [0.2, 0.25) is 5.91 Å². The van der Waals surface area contributed by atoms with Gasteiger partial charge < -0.3 is 20.7 Å². The summed E-state index contributed by atoms with van der Waals surface area (Å²) in [6.07, 6.45) is 2.67. The predicted octanol–water partition coefficient (Wildman–Crippen LogP) is 2.47. The molecule has 3 aromatic rings. The molecule has 0 spiro atoms. The molecule has 0 aliphatic rings. The molecule has 170 valence electrons. The predicted molar refractivity (Wildman–Crippen MR) is 123 cm³/mol. The van der Waals surface area contributed by atoms with Gasteiger partial charge in [0, 0.05) is 31.9 Å². The topological polar surface area (TPSA) is 109 Å². The van der Waals surface area contributed by atoms with Crippen LogP contribution in [0.4, 0.5) is 4.79 Å². The van der Waals surface area contributed by atoms with E-state index in [0.29, 0.717) is 12.0 Å². The number of nitrogens with one attached hydrogen (secondary N) is 3. The second-order valence-corrected chi connectivity index (χ2v) is 7.24. The maximum atomic E-state index is 12.8. The molecular formula is C25H26N4O4. The Balaban J connectivity index is 1.51. The van der Waals surface area contributed by atoms with Crippen molar-refractivity contribution in [3.63, 3.8) is 0 Å². The van der Waals surface area contributed by atoms with Gasteiger partial charge >= 0.3 is 6.09 Å². The van der Waals surface area contributed by atoms with Gasteiger partial charge in [0.1, 0.15) is 12.6 Å². The van der Waals surface area contributed by atoms with Crippen molar-refractivity contribution in [2.75, 3.05) is 13.1 Å². The molecule has 0 aliphatic heterocycles. The summed E-state index contributed by atoms with van der Waals surface area (Å²) in [6.45, 7) is 0.541. The first kappa shape index (κ1) is 23.5. The Kier molecular flexibility index (Phi) is 8.96. The zero-order valence-corrected chi connectivity index (χ0v) is 18.1. The third kappa shape index (κ3) is 8.10. The molecule has 3 N–H and O–H groups in total. The first-order valence-corrected chi connectivity index (χ1v) is 10.6.